The lowest BCUT2D eigenvalue weighted by Gasteiger charge is -2.34. The van der Waals surface area contributed by atoms with Crippen LogP contribution in [0.1, 0.15) is 11.1 Å². The van der Waals surface area contributed by atoms with E-state index in [2.05, 4.69) is 10.2 Å². The highest BCUT2D eigenvalue weighted by atomic mass is 16.2. The Kier molecular flexibility index (Phi) is 5.51. The third kappa shape index (κ3) is 4.05. The smallest absolute Gasteiger partial charge is 0.238 e. The number of amides is 2. The van der Waals surface area contributed by atoms with Crippen molar-refractivity contribution in [3.63, 3.8) is 0 Å². The summed E-state index contributed by atoms with van der Waals surface area (Å²) in [5, 5.41) is 2.96. The number of piperazine rings is 1. The van der Waals surface area contributed by atoms with Gasteiger partial charge in [0.1, 0.15) is 0 Å². The van der Waals surface area contributed by atoms with E-state index in [0.29, 0.717) is 32.7 Å². The van der Waals surface area contributed by atoms with E-state index >= 15 is 0 Å². The molecule has 2 rings (SSSR count). The minimum absolute atomic E-state index is 0.0210. The van der Waals surface area contributed by atoms with E-state index in [-0.39, 0.29) is 18.4 Å². The van der Waals surface area contributed by atoms with Gasteiger partial charge in [-0.1, -0.05) is 12.1 Å². The van der Waals surface area contributed by atoms with Gasteiger partial charge in [-0.15, -0.1) is 0 Å². The third-order valence-electron chi connectivity index (χ3n) is 4.15. The van der Waals surface area contributed by atoms with Gasteiger partial charge in [0.05, 0.1) is 13.1 Å². The highest BCUT2D eigenvalue weighted by Crippen LogP contribution is 2.17. The number of hydrogen-bond donors (Lipinski definition) is 2. The highest BCUT2D eigenvalue weighted by molar-refractivity contribution is 5.93. The van der Waals surface area contributed by atoms with Gasteiger partial charge in [-0.2, -0.15) is 0 Å². The van der Waals surface area contributed by atoms with E-state index < -0.39 is 0 Å². The van der Waals surface area contributed by atoms with Crippen molar-refractivity contribution >= 4 is 17.5 Å². The fraction of sp³-hybridized carbons (Fsp3) is 0.500. The lowest BCUT2D eigenvalue weighted by atomic mass is 10.1. The standard InChI is InChI=1S/C16H24N4O2/c1-12-4-3-5-14(13(12)2)18-15(21)11-19-6-8-20(9-7-19)16(22)10-17/h3-5H,6-11,17H2,1-2H3,(H,18,21). The molecule has 0 unspecified atom stereocenters. The fourth-order valence-corrected chi connectivity index (χ4v) is 2.56. The molecular formula is C16H24N4O2. The molecule has 1 heterocycles. The van der Waals surface area contributed by atoms with Gasteiger partial charge >= 0.3 is 0 Å². The molecular weight excluding hydrogens is 280 g/mol. The summed E-state index contributed by atoms with van der Waals surface area (Å²) in [7, 11) is 0. The van der Waals surface area contributed by atoms with Gasteiger partial charge in [0, 0.05) is 31.9 Å². The number of nitrogens with zero attached hydrogens (tertiary/aromatic N) is 2. The minimum atomic E-state index is -0.0283. The molecule has 1 aromatic carbocycles. The van der Waals surface area contributed by atoms with E-state index in [1.54, 1.807) is 4.90 Å². The van der Waals surface area contributed by atoms with Crippen molar-refractivity contribution in [3.05, 3.63) is 29.3 Å². The number of anilines is 1. The van der Waals surface area contributed by atoms with Crippen LogP contribution in [-0.2, 0) is 9.59 Å². The first-order chi connectivity index (χ1) is 10.5. The predicted octanol–water partition coefficient (Wildman–Crippen LogP) is 0.345. The molecule has 1 aliphatic rings. The average molecular weight is 304 g/mol. The minimum Gasteiger partial charge on any atom is -0.339 e. The van der Waals surface area contributed by atoms with Gasteiger partial charge in [0.15, 0.2) is 0 Å². The first kappa shape index (κ1) is 16.5. The Morgan fingerprint density at radius 1 is 1.18 bits per heavy atom. The zero-order chi connectivity index (χ0) is 16.1. The summed E-state index contributed by atoms with van der Waals surface area (Å²) >= 11 is 0. The molecule has 6 heteroatoms. The number of aryl methyl sites for hydroxylation is 1. The Morgan fingerprint density at radius 3 is 2.50 bits per heavy atom. The van der Waals surface area contributed by atoms with Crippen LogP contribution in [0.5, 0.6) is 0 Å². The Morgan fingerprint density at radius 2 is 1.86 bits per heavy atom. The van der Waals surface area contributed by atoms with E-state index in [4.69, 9.17) is 5.73 Å². The van der Waals surface area contributed by atoms with Crippen molar-refractivity contribution in [2.45, 2.75) is 13.8 Å². The Balaban J connectivity index is 1.83. The van der Waals surface area contributed by atoms with Gasteiger partial charge in [-0.05, 0) is 31.0 Å². The molecule has 6 nitrogen and oxygen atoms in total. The topological polar surface area (TPSA) is 78.7 Å². The SMILES string of the molecule is Cc1cccc(NC(=O)CN2CCN(C(=O)CN)CC2)c1C. The molecule has 1 saturated heterocycles. The zero-order valence-corrected chi connectivity index (χ0v) is 13.3. The van der Waals surface area contributed by atoms with Crippen molar-refractivity contribution < 1.29 is 9.59 Å². The maximum atomic E-state index is 12.2. The predicted molar refractivity (Wildman–Crippen MR) is 86.6 cm³/mol. The molecule has 0 aliphatic carbocycles. The summed E-state index contributed by atoms with van der Waals surface area (Å²) in [6, 6.07) is 5.88. The number of carbonyl (C=O) groups is 2. The third-order valence-corrected chi connectivity index (χ3v) is 4.15. The van der Waals surface area contributed by atoms with E-state index in [1.165, 1.54) is 0 Å². The quantitative estimate of drug-likeness (QED) is 0.841. The largest absolute Gasteiger partial charge is 0.339 e. The molecule has 0 aromatic heterocycles. The van der Waals surface area contributed by atoms with Crippen LogP contribution in [0.15, 0.2) is 18.2 Å². The van der Waals surface area contributed by atoms with Crippen molar-refractivity contribution in [1.29, 1.82) is 0 Å². The summed E-state index contributed by atoms with van der Waals surface area (Å²) in [5.74, 6) is -0.0493. The normalized spacial score (nSPS) is 15.7. The lowest BCUT2D eigenvalue weighted by molar-refractivity contribution is -0.131. The number of rotatable bonds is 4. The maximum Gasteiger partial charge on any atom is 0.238 e. The molecule has 3 N–H and O–H groups in total. The average Bonchev–Trinajstić information content (AvgIpc) is 2.52. The second-order valence-corrected chi connectivity index (χ2v) is 5.66. The first-order valence-electron chi connectivity index (χ1n) is 7.57. The number of hydrogen-bond acceptors (Lipinski definition) is 4. The number of benzene rings is 1. The van der Waals surface area contributed by atoms with Crippen molar-refractivity contribution in [1.82, 2.24) is 9.80 Å². The van der Waals surface area contributed by atoms with Crippen LogP contribution in [0.25, 0.3) is 0 Å². The molecule has 22 heavy (non-hydrogen) atoms. The van der Waals surface area contributed by atoms with E-state index in [9.17, 15) is 9.59 Å². The molecule has 120 valence electrons. The van der Waals surface area contributed by atoms with Crippen LogP contribution < -0.4 is 11.1 Å². The van der Waals surface area contributed by atoms with Crippen LogP contribution in [0.4, 0.5) is 5.69 Å². The molecule has 0 atom stereocenters. The van der Waals surface area contributed by atoms with Crippen molar-refractivity contribution in [2.75, 3.05) is 44.6 Å². The van der Waals surface area contributed by atoms with Crippen LogP contribution in [0.3, 0.4) is 0 Å². The summed E-state index contributed by atoms with van der Waals surface area (Å²) in [6.45, 7) is 7.09. The first-order valence-corrected chi connectivity index (χ1v) is 7.57. The van der Waals surface area contributed by atoms with Crippen LogP contribution >= 0.6 is 0 Å². The van der Waals surface area contributed by atoms with Crippen LogP contribution in [-0.4, -0.2) is 60.9 Å². The molecule has 1 aliphatic heterocycles. The molecule has 2 amide bonds. The van der Waals surface area contributed by atoms with Gasteiger partial charge in [-0.3, -0.25) is 14.5 Å². The van der Waals surface area contributed by atoms with Crippen LogP contribution in [0, 0.1) is 13.8 Å². The van der Waals surface area contributed by atoms with Gasteiger partial charge in [0.2, 0.25) is 11.8 Å². The molecule has 0 radical (unpaired) electrons. The zero-order valence-electron chi connectivity index (χ0n) is 13.3. The fourth-order valence-electron chi connectivity index (χ4n) is 2.56. The second kappa shape index (κ2) is 7.38. The number of carbonyl (C=O) groups excluding carboxylic acids is 2. The van der Waals surface area contributed by atoms with Crippen LogP contribution in [0.2, 0.25) is 0 Å². The molecule has 0 spiro atoms. The highest BCUT2D eigenvalue weighted by Gasteiger charge is 2.21. The Labute approximate surface area is 131 Å². The number of nitrogens with one attached hydrogen (secondary N) is 1. The number of nitrogens with two attached hydrogens (primary N) is 1. The van der Waals surface area contributed by atoms with Crippen molar-refractivity contribution in [2.24, 2.45) is 5.73 Å². The van der Waals surface area contributed by atoms with Gasteiger partial charge < -0.3 is 16.0 Å². The van der Waals surface area contributed by atoms with E-state index in [1.807, 2.05) is 32.0 Å². The Bertz CT molecular complexity index is 551. The molecule has 1 fully saturated rings. The molecule has 0 saturated carbocycles. The van der Waals surface area contributed by atoms with E-state index in [0.717, 1.165) is 16.8 Å². The van der Waals surface area contributed by atoms with Gasteiger partial charge in [0.25, 0.3) is 0 Å². The second-order valence-electron chi connectivity index (χ2n) is 5.66. The lowest BCUT2D eigenvalue weighted by Crippen LogP contribution is -2.51. The summed E-state index contributed by atoms with van der Waals surface area (Å²) in [5.41, 5.74) is 8.48. The molecule has 1 aromatic rings. The molecule has 0 bridgehead atoms. The maximum absolute atomic E-state index is 12.2. The monoisotopic (exact) mass is 304 g/mol. The Hall–Kier alpha value is -1.92. The van der Waals surface area contributed by atoms with Crippen molar-refractivity contribution in [3.8, 4) is 0 Å². The summed E-state index contributed by atoms with van der Waals surface area (Å²) < 4.78 is 0. The summed E-state index contributed by atoms with van der Waals surface area (Å²) in [6.07, 6.45) is 0. The summed E-state index contributed by atoms with van der Waals surface area (Å²) in [4.78, 5) is 27.5. The van der Waals surface area contributed by atoms with Gasteiger partial charge in [-0.25, -0.2) is 0 Å².